The zero-order valence-corrected chi connectivity index (χ0v) is 27.3. The van der Waals surface area contributed by atoms with Crippen LogP contribution in [0.25, 0.3) is 76.5 Å². The molecule has 0 spiro atoms. The van der Waals surface area contributed by atoms with Crippen LogP contribution in [0.3, 0.4) is 0 Å². The van der Waals surface area contributed by atoms with E-state index >= 15 is 0 Å². The fourth-order valence-corrected chi connectivity index (χ4v) is 7.64. The third-order valence-corrected chi connectivity index (χ3v) is 9.99. The van der Waals surface area contributed by atoms with E-state index in [0.29, 0.717) is 0 Å². The minimum Gasteiger partial charge on any atom is -0.456 e. The van der Waals surface area contributed by atoms with E-state index in [2.05, 4.69) is 193 Å². The number of benzene rings is 9. The molecule has 0 radical (unpaired) electrons. The summed E-state index contributed by atoms with van der Waals surface area (Å²) >= 11 is 0. The lowest BCUT2D eigenvalue weighted by molar-refractivity contribution is 0.669. The molecule has 10 aromatic rings. The van der Waals surface area contributed by atoms with Crippen molar-refractivity contribution >= 4 is 71.3 Å². The van der Waals surface area contributed by atoms with Crippen molar-refractivity contribution < 1.29 is 4.42 Å². The van der Waals surface area contributed by atoms with Crippen LogP contribution >= 0.6 is 0 Å². The zero-order valence-electron chi connectivity index (χ0n) is 27.3. The number of para-hydroxylation sites is 1. The normalized spacial score (nSPS) is 11.6. The lowest BCUT2D eigenvalue weighted by Crippen LogP contribution is -2.12. The first-order valence-corrected chi connectivity index (χ1v) is 17.1. The van der Waals surface area contributed by atoms with E-state index < -0.39 is 0 Å². The summed E-state index contributed by atoms with van der Waals surface area (Å²) in [5.74, 6) is 0. The van der Waals surface area contributed by atoms with Crippen molar-refractivity contribution in [3.8, 4) is 22.3 Å². The van der Waals surface area contributed by atoms with E-state index in [0.717, 1.165) is 50.1 Å². The van der Waals surface area contributed by atoms with E-state index in [1.54, 1.807) is 0 Å². The summed E-state index contributed by atoms with van der Waals surface area (Å²) < 4.78 is 6.53. The van der Waals surface area contributed by atoms with Crippen LogP contribution in [0.2, 0.25) is 0 Å². The highest BCUT2D eigenvalue weighted by molar-refractivity contribution is 6.17. The maximum atomic E-state index is 6.53. The van der Waals surface area contributed by atoms with Gasteiger partial charge in [-0.1, -0.05) is 140 Å². The maximum Gasteiger partial charge on any atom is 0.136 e. The lowest BCUT2D eigenvalue weighted by atomic mass is 9.95. The molecule has 1 heterocycles. The van der Waals surface area contributed by atoms with E-state index in [9.17, 15) is 0 Å². The van der Waals surface area contributed by atoms with Gasteiger partial charge in [-0.05, 0) is 92.2 Å². The molecule has 0 saturated heterocycles. The second-order valence-electron chi connectivity index (χ2n) is 12.9. The van der Waals surface area contributed by atoms with Gasteiger partial charge in [0.1, 0.15) is 11.2 Å². The summed E-state index contributed by atoms with van der Waals surface area (Å²) in [6.45, 7) is 0. The second-order valence-corrected chi connectivity index (χ2v) is 12.9. The van der Waals surface area contributed by atoms with Crippen LogP contribution in [0.5, 0.6) is 0 Å². The predicted molar refractivity (Wildman–Crippen MR) is 212 cm³/mol. The van der Waals surface area contributed by atoms with Crippen LogP contribution in [0.1, 0.15) is 0 Å². The first-order valence-electron chi connectivity index (χ1n) is 17.1. The van der Waals surface area contributed by atoms with Gasteiger partial charge in [-0.25, -0.2) is 0 Å². The average molecular weight is 638 g/mol. The second kappa shape index (κ2) is 11.5. The molecular weight excluding hydrogens is 607 g/mol. The third kappa shape index (κ3) is 4.65. The summed E-state index contributed by atoms with van der Waals surface area (Å²) in [6, 6.07) is 67.6. The molecule has 234 valence electrons. The van der Waals surface area contributed by atoms with Gasteiger partial charge in [0.2, 0.25) is 0 Å². The Bertz CT molecular complexity index is 2890. The van der Waals surface area contributed by atoms with Gasteiger partial charge in [0.05, 0.1) is 11.4 Å². The van der Waals surface area contributed by atoms with Crippen molar-refractivity contribution in [1.82, 2.24) is 0 Å². The maximum absolute atomic E-state index is 6.53. The lowest BCUT2D eigenvalue weighted by Gasteiger charge is -2.29. The Morgan fingerprint density at radius 3 is 1.84 bits per heavy atom. The van der Waals surface area contributed by atoms with Crippen molar-refractivity contribution in [3.05, 3.63) is 188 Å². The zero-order chi connectivity index (χ0) is 33.0. The first kappa shape index (κ1) is 28.4. The van der Waals surface area contributed by atoms with Gasteiger partial charge in [0.15, 0.2) is 0 Å². The molecule has 0 aliphatic rings. The van der Waals surface area contributed by atoms with Gasteiger partial charge in [-0.2, -0.15) is 0 Å². The summed E-state index contributed by atoms with van der Waals surface area (Å²) in [6.07, 6.45) is 0. The number of anilines is 3. The highest BCUT2D eigenvalue weighted by Crippen LogP contribution is 2.47. The number of hydrogen-bond donors (Lipinski definition) is 0. The Balaban J connectivity index is 1.23. The van der Waals surface area contributed by atoms with E-state index in [4.69, 9.17) is 4.42 Å². The van der Waals surface area contributed by atoms with E-state index in [1.165, 1.54) is 43.4 Å². The number of nitrogens with zero attached hydrogens (tertiary/aromatic N) is 1. The monoisotopic (exact) mass is 637 g/mol. The van der Waals surface area contributed by atoms with Gasteiger partial charge < -0.3 is 9.32 Å². The molecular formula is C48H31NO. The topological polar surface area (TPSA) is 16.4 Å². The molecule has 0 amide bonds. The van der Waals surface area contributed by atoms with Crippen molar-refractivity contribution in [1.29, 1.82) is 0 Å². The van der Waals surface area contributed by atoms with Crippen molar-refractivity contribution in [3.63, 3.8) is 0 Å². The Labute approximate surface area is 290 Å². The predicted octanol–water partition coefficient (Wildman–Crippen LogP) is 13.8. The van der Waals surface area contributed by atoms with E-state index in [1.807, 2.05) is 0 Å². The van der Waals surface area contributed by atoms with Gasteiger partial charge in [0, 0.05) is 27.4 Å². The van der Waals surface area contributed by atoms with Crippen LogP contribution in [-0.4, -0.2) is 0 Å². The summed E-state index contributed by atoms with van der Waals surface area (Å²) in [5, 5.41) is 9.51. The number of fused-ring (bicyclic) bond motifs is 6. The quantitative estimate of drug-likeness (QED) is 0.187. The Morgan fingerprint density at radius 1 is 0.340 bits per heavy atom. The Kier molecular flexibility index (Phi) is 6.53. The SMILES string of the molecule is c1cc(-c2ccc3ccccc3c2)cc(N(c2ccccc2-c2cccc3oc4cc5ccccc5cc4c23)c2cccc3ccccc23)c1. The molecule has 1 aromatic heterocycles. The molecule has 10 rings (SSSR count). The highest BCUT2D eigenvalue weighted by Gasteiger charge is 2.22. The molecule has 0 unspecified atom stereocenters. The summed E-state index contributed by atoms with van der Waals surface area (Å²) in [5.41, 5.74) is 9.75. The van der Waals surface area contributed by atoms with Crippen LogP contribution in [0.4, 0.5) is 17.1 Å². The fraction of sp³-hybridized carbons (Fsp3) is 0. The molecule has 0 aliphatic heterocycles. The van der Waals surface area contributed by atoms with Crippen molar-refractivity contribution in [2.45, 2.75) is 0 Å². The summed E-state index contributed by atoms with van der Waals surface area (Å²) in [4.78, 5) is 2.43. The van der Waals surface area contributed by atoms with Gasteiger partial charge in [0.25, 0.3) is 0 Å². The molecule has 0 atom stereocenters. The van der Waals surface area contributed by atoms with Gasteiger partial charge in [-0.15, -0.1) is 0 Å². The number of rotatable bonds is 5. The van der Waals surface area contributed by atoms with Crippen molar-refractivity contribution in [2.75, 3.05) is 4.90 Å². The van der Waals surface area contributed by atoms with Crippen LogP contribution in [0.15, 0.2) is 192 Å². The van der Waals surface area contributed by atoms with Gasteiger partial charge >= 0.3 is 0 Å². The number of hydrogen-bond acceptors (Lipinski definition) is 2. The molecule has 0 fully saturated rings. The average Bonchev–Trinajstić information content (AvgIpc) is 3.55. The molecule has 0 bridgehead atoms. The highest BCUT2D eigenvalue weighted by atomic mass is 16.3. The molecule has 9 aromatic carbocycles. The van der Waals surface area contributed by atoms with E-state index in [-0.39, 0.29) is 0 Å². The third-order valence-electron chi connectivity index (χ3n) is 9.99. The number of furan rings is 1. The Morgan fingerprint density at radius 2 is 0.960 bits per heavy atom. The van der Waals surface area contributed by atoms with Crippen LogP contribution in [-0.2, 0) is 0 Å². The van der Waals surface area contributed by atoms with Crippen LogP contribution in [0, 0.1) is 0 Å². The minimum atomic E-state index is 0.887. The Hall–Kier alpha value is -6.64. The molecule has 0 N–H and O–H groups in total. The first-order chi connectivity index (χ1) is 24.8. The van der Waals surface area contributed by atoms with Crippen molar-refractivity contribution in [2.24, 2.45) is 0 Å². The smallest absolute Gasteiger partial charge is 0.136 e. The largest absolute Gasteiger partial charge is 0.456 e. The summed E-state index contributed by atoms with van der Waals surface area (Å²) in [7, 11) is 0. The molecule has 2 nitrogen and oxygen atoms in total. The molecule has 0 saturated carbocycles. The molecule has 50 heavy (non-hydrogen) atoms. The fourth-order valence-electron chi connectivity index (χ4n) is 7.64. The van der Waals surface area contributed by atoms with Gasteiger partial charge in [-0.3, -0.25) is 0 Å². The molecule has 0 aliphatic carbocycles. The van der Waals surface area contributed by atoms with Crippen LogP contribution < -0.4 is 4.90 Å². The standard InChI is InChI=1S/C48H31NO/c1-2-14-34-28-38(27-26-32(34)12-1)35-18-9-19-39(29-35)49(44-24-10-17-33-13-5-6-20-40(33)44)45-23-8-7-21-41(45)42-22-11-25-46-48(42)43-30-36-15-3-4-16-37(36)31-47(43)50-46/h1-31H. The molecule has 2 heteroatoms. The minimum absolute atomic E-state index is 0.887.